The van der Waals surface area contributed by atoms with Gasteiger partial charge in [0.2, 0.25) is 11.0 Å². The molecule has 3 aromatic rings. The highest BCUT2D eigenvalue weighted by Crippen LogP contribution is 2.44. The van der Waals surface area contributed by atoms with Gasteiger partial charge in [0, 0.05) is 6.42 Å². The normalized spacial score (nSPS) is 16.1. The zero-order valence-corrected chi connectivity index (χ0v) is 15.8. The summed E-state index contributed by atoms with van der Waals surface area (Å²) in [4.78, 5) is 27.8. The van der Waals surface area contributed by atoms with Crippen molar-refractivity contribution in [1.29, 1.82) is 0 Å². The van der Waals surface area contributed by atoms with Crippen LogP contribution in [0.2, 0.25) is 0 Å². The summed E-state index contributed by atoms with van der Waals surface area (Å²) in [5.74, 6) is -0.504. The second kappa shape index (κ2) is 7.04. The van der Waals surface area contributed by atoms with Gasteiger partial charge in [0.05, 0.1) is 6.42 Å². The van der Waals surface area contributed by atoms with E-state index in [4.69, 9.17) is 0 Å². The van der Waals surface area contributed by atoms with Gasteiger partial charge in [-0.25, -0.2) is 4.90 Å². The minimum atomic E-state index is -1.03. The molecular weight excluding hydrogens is 358 g/mol. The molecule has 0 aliphatic carbocycles. The monoisotopic (exact) mass is 377 g/mol. The lowest BCUT2D eigenvalue weighted by Gasteiger charge is -2.27. The van der Waals surface area contributed by atoms with E-state index in [1.54, 1.807) is 0 Å². The molecule has 0 bridgehead atoms. The number of carbonyl (C=O) groups is 2. The molecule has 1 aliphatic rings. The molecule has 2 amide bonds. The van der Waals surface area contributed by atoms with Crippen LogP contribution < -0.4 is 4.90 Å². The van der Waals surface area contributed by atoms with Gasteiger partial charge in [-0.15, -0.1) is 10.2 Å². The Bertz CT molecular complexity index is 930. The van der Waals surface area contributed by atoms with E-state index in [2.05, 4.69) is 17.1 Å². The number of amides is 2. The number of aromatic nitrogens is 2. The number of hydrogen-bond acceptors (Lipinski definition) is 5. The molecule has 5 nitrogen and oxygen atoms in total. The molecule has 1 aliphatic heterocycles. The third-order valence-corrected chi connectivity index (χ3v) is 5.85. The van der Waals surface area contributed by atoms with Crippen molar-refractivity contribution >= 4 is 28.3 Å². The molecule has 136 valence electrons. The number of carbonyl (C=O) groups excluding carboxylic acids is 2. The van der Waals surface area contributed by atoms with Crippen LogP contribution in [-0.2, 0) is 21.4 Å². The molecule has 0 saturated carbocycles. The van der Waals surface area contributed by atoms with Gasteiger partial charge in [0.1, 0.15) is 10.4 Å². The molecule has 0 N–H and O–H groups in total. The van der Waals surface area contributed by atoms with Crippen molar-refractivity contribution in [2.24, 2.45) is 0 Å². The van der Waals surface area contributed by atoms with Crippen LogP contribution in [0.1, 0.15) is 35.9 Å². The largest absolute Gasteiger partial charge is 0.274 e. The maximum Gasteiger partial charge on any atom is 0.251 e. The van der Waals surface area contributed by atoms with Crippen LogP contribution in [0.15, 0.2) is 60.7 Å². The molecule has 1 fully saturated rings. The summed E-state index contributed by atoms with van der Waals surface area (Å²) >= 11 is 1.32. The summed E-state index contributed by atoms with van der Waals surface area (Å²) in [6, 6.07) is 19.0. The van der Waals surface area contributed by atoms with E-state index < -0.39 is 5.41 Å². The summed E-state index contributed by atoms with van der Waals surface area (Å²) in [6.45, 7) is 2.06. The predicted octanol–water partition coefficient (Wildman–Crippen LogP) is 3.74. The minimum Gasteiger partial charge on any atom is -0.274 e. The lowest BCUT2D eigenvalue weighted by molar-refractivity contribution is -0.122. The molecule has 4 rings (SSSR count). The van der Waals surface area contributed by atoms with Gasteiger partial charge in [-0.2, -0.15) is 0 Å². The smallest absolute Gasteiger partial charge is 0.251 e. The Kier molecular flexibility index (Phi) is 4.58. The molecule has 1 saturated heterocycles. The number of rotatable bonds is 5. The number of imide groups is 1. The summed E-state index contributed by atoms with van der Waals surface area (Å²) in [7, 11) is 0. The van der Waals surface area contributed by atoms with Crippen LogP contribution in [0.25, 0.3) is 0 Å². The number of benzene rings is 2. The first-order chi connectivity index (χ1) is 13.2. The summed E-state index contributed by atoms with van der Waals surface area (Å²) in [5, 5.41) is 9.46. The fraction of sp³-hybridized carbons (Fsp3) is 0.238. The molecule has 0 atom stereocenters. The van der Waals surface area contributed by atoms with E-state index in [0.29, 0.717) is 5.13 Å². The zero-order chi connectivity index (χ0) is 18.9. The van der Waals surface area contributed by atoms with Gasteiger partial charge in [0.25, 0.3) is 5.91 Å². The van der Waals surface area contributed by atoms with Crippen LogP contribution >= 0.6 is 11.3 Å². The molecule has 0 spiro atoms. The van der Waals surface area contributed by atoms with Gasteiger partial charge in [-0.05, 0) is 17.5 Å². The lowest BCUT2D eigenvalue weighted by Crippen LogP contribution is -2.39. The van der Waals surface area contributed by atoms with E-state index in [-0.39, 0.29) is 18.2 Å². The van der Waals surface area contributed by atoms with Crippen LogP contribution in [0.3, 0.4) is 0 Å². The lowest BCUT2D eigenvalue weighted by atomic mass is 9.73. The molecule has 6 heteroatoms. The van der Waals surface area contributed by atoms with E-state index in [9.17, 15) is 9.59 Å². The van der Waals surface area contributed by atoms with Crippen LogP contribution in [0.4, 0.5) is 5.13 Å². The van der Waals surface area contributed by atoms with Gasteiger partial charge in [-0.1, -0.05) is 78.9 Å². The van der Waals surface area contributed by atoms with E-state index in [0.717, 1.165) is 29.0 Å². The Morgan fingerprint density at radius 1 is 0.963 bits per heavy atom. The van der Waals surface area contributed by atoms with Gasteiger partial charge < -0.3 is 0 Å². The Morgan fingerprint density at radius 2 is 1.56 bits per heavy atom. The Labute approximate surface area is 161 Å². The van der Waals surface area contributed by atoms with E-state index >= 15 is 0 Å². The highest BCUT2D eigenvalue weighted by molar-refractivity contribution is 7.15. The minimum absolute atomic E-state index is 0.0859. The third-order valence-electron chi connectivity index (χ3n) is 4.88. The predicted molar refractivity (Wildman–Crippen MR) is 105 cm³/mol. The van der Waals surface area contributed by atoms with Crippen molar-refractivity contribution < 1.29 is 9.59 Å². The summed E-state index contributed by atoms with van der Waals surface area (Å²) in [5.41, 5.74) is 0.599. The molecule has 2 aromatic carbocycles. The number of anilines is 1. The quantitative estimate of drug-likeness (QED) is 0.636. The molecular formula is C21H19N3O2S. The Hall–Kier alpha value is -2.86. The van der Waals surface area contributed by atoms with Gasteiger partial charge in [0.15, 0.2) is 0 Å². The number of nitrogens with zero attached hydrogens (tertiary/aromatic N) is 3. The standard InChI is InChI=1S/C21H19N3O2S/c1-2-9-17-22-23-20(27-17)24-18(25)14-21(19(24)26,15-10-5-3-6-11-15)16-12-7-4-8-13-16/h3-8,10-13H,2,9,14H2,1H3. The summed E-state index contributed by atoms with van der Waals surface area (Å²) < 4.78 is 0. The molecule has 27 heavy (non-hydrogen) atoms. The summed E-state index contributed by atoms with van der Waals surface area (Å²) in [6.07, 6.45) is 1.81. The first-order valence-electron chi connectivity index (χ1n) is 8.97. The highest BCUT2D eigenvalue weighted by atomic mass is 32.1. The Morgan fingerprint density at radius 3 is 2.11 bits per heavy atom. The fourth-order valence-electron chi connectivity index (χ4n) is 3.59. The molecule has 0 unspecified atom stereocenters. The van der Waals surface area contributed by atoms with E-state index in [1.165, 1.54) is 16.2 Å². The van der Waals surface area contributed by atoms with Crippen molar-refractivity contribution in [3.8, 4) is 0 Å². The highest BCUT2D eigenvalue weighted by Gasteiger charge is 2.55. The first-order valence-corrected chi connectivity index (χ1v) is 9.79. The molecule has 0 radical (unpaired) electrons. The van der Waals surface area contributed by atoms with Crippen molar-refractivity contribution in [1.82, 2.24) is 10.2 Å². The van der Waals surface area contributed by atoms with Gasteiger partial charge >= 0.3 is 0 Å². The second-order valence-electron chi connectivity index (χ2n) is 6.58. The van der Waals surface area contributed by atoms with E-state index in [1.807, 2.05) is 60.7 Å². The maximum absolute atomic E-state index is 13.7. The van der Waals surface area contributed by atoms with Crippen molar-refractivity contribution in [3.05, 3.63) is 76.8 Å². The number of hydrogen-bond donors (Lipinski definition) is 0. The third kappa shape index (κ3) is 2.86. The topological polar surface area (TPSA) is 63.2 Å². The van der Waals surface area contributed by atoms with Crippen molar-refractivity contribution in [2.45, 2.75) is 31.6 Å². The average Bonchev–Trinajstić information content (AvgIpc) is 3.26. The van der Waals surface area contributed by atoms with Crippen LogP contribution in [0, 0.1) is 0 Å². The molecule has 1 aromatic heterocycles. The van der Waals surface area contributed by atoms with Crippen LogP contribution in [0.5, 0.6) is 0 Å². The Balaban J connectivity index is 1.83. The van der Waals surface area contributed by atoms with Crippen molar-refractivity contribution in [3.63, 3.8) is 0 Å². The number of aryl methyl sites for hydroxylation is 1. The van der Waals surface area contributed by atoms with Crippen molar-refractivity contribution in [2.75, 3.05) is 4.90 Å². The SMILES string of the molecule is CCCc1nnc(N2C(=O)CC(c3ccccc3)(c3ccccc3)C2=O)s1. The first kappa shape index (κ1) is 17.5. The second-order valence-corrected chi connectivity index (χ2v) is 7.62. The van der Waals surface area contributed by atoms with Crippen LogP contribution in [-0.4, -0.2) is 22.0 Å². The molecule has 2 heterocycles. The fourth-order valence-corrected chi connectivity index (χ4v) is 4.55. The maximum atomic E-state index is 13.7. The zero-order valence-electron chi connectivity index (χ0n) is 15.0. The average molecular weight is 377 g/mol. The van der Waals surface area contributed by atoms with Gasteiger partial charge in [-0.3, -0.25) is 9.59 Å².